The molecule has 2 fully saturated rings. The van der Waals surface area contributed by atoms with E-state index < -0.39 is 79.9 Å². The predicted octanol–water partition coefficient (Wildman–Crippen LogP) is -1.91. The third-order valence-corrected chi connectivity index (χ3v) is 8.33. The zero-order chi connectivity index (χ0) is 31.1. The van der Waals surface area contributed by atoms with Crippen molar-refractivity contribution in [3.8, 4) is 34.8 Å². The molecular weight excluding hydrogens is 560 g/mol. The molecule has 43 heavy (non-hydrogen) atoms. The quantitative estimate of drug-likeness (QED) is 0.178. The molecule has 230 valence electrons. The van der Waals surface area contributed by atoms with Gasteiger partial charge >= 0.3 is 0 Å². The molecule has 0 radical (unpaired) electrons. The van der Waals surface area contributed by atoms with Crippen LogP contribution in [0.2, 0.25) is 0 Å². The maximum absolute atomic E-state index is 12.0. The van der Waals surface area contributed by atoms with Crippen LogP contribution in [0.4, 0.5) is 0 Å². The molecule has 2 aliphatic heterocycles. The first-order valence-corrected chi connectivity index (χ1v) is 14.2. The van der Waals surface area contributed by atoms with E-state index in [1.807, 2.05) is 19.1 Å². The van der Waals surface area contributed by atoms with Crippen molar-refractivity contribution in [3.63, 3.8) is 0 Å². The second-order valence-corrected chi connectivity index (χ2v) is 11.2. The van der Waals surface area contributed by atoms with Crippen LogP contribution in [-0.2, 0) is 15.1 Å². The van der Waals surface area contributed by atoms with Crippen molar-refractivity contribution in [2.75, 3.05) is 13.2 Å². The van der Waals surface area contributed by atoms with Crippen LogP contribution in [-0.4, -0.2) is 120 Å². The summed E-state index contributed by atoms with van der Waals surface area (Å²) in [6.45, 7) is 0.833. The fourth-order valence-corrected chi connectivity index (χ4v) is 5.92. The van der Waals surface area contributed by atoms with Crippen molar-refractivity contribution in [2.45, 2.75) is 86.4 Å². The van der Waals surface area contributed by atoms with Crippen LogP contribution in [0.15, 0.2) is 36.4 Å². The van der Waals surface area contributed by atoms with Gasteiger partial charge in [-0.05, 0) is 52.9 Å². The first-order valence-electron chi connectivity index (χ1n) is 14.2. The van der Waals surface area contributed by atoms with E-state index in [1.54, 1.807) is 24.3 Å². The summed E-state index contributed by atoms with van der Waals surface area (Å²) in [7, 11) is 0. The molecule has 9 N–H and O–H groups in total. The van der Waals surface area contributed by atoms with E-state index >= 15 is 0 Å². The summed E-state index contributed by atoms with van der Waals surface area (Å²) in [5, 5.41) is 91.7. The highest BCUT2D eigenvalue weighted by atomic mass is 16.5. The van der Waals surface area contributed by atoms with E-state index in [9.17, 15) is 46.0 Å². The Hall–Kier alpha value is -2.88. The van der Waals surface area contributed by atoms with Gasteiger partial charge in [-0.15, -0.1) is 0 Å². The first kappa shape index (κ1) is 31.5. The number of hydrogen-bond donors (Lipinski definition) is 9. The molecule has 0 saturated carbocycles. The number of rotatable bonds is 4. The van der Waals surface area contributed by atoms with E-state index in [2.05, 4.69) is 23.7 Å². The average Bonchev–Trinajstić information content (AvgIpc) is 3.25. The van der Waals surface area contributed by atoms with Gasteiger partial charge < -0.3 is 55.4 Å². The van der Waals surface area contributed by atoms with Gasteiger partial charge in [0, 0.05) is 11.1 Å². The molecule has 2 heterocycles. The van der Waals surface area contributed by atoms with Crippen molar-refractivity contribution in [1.29, 1.82) is 0 Å². The van der Waals surface area contributed by atoms with Gasteiger partial charge in [0.25, 0.3) is 0 Å². The molecule has 2 aromatic rings. The molecule has 0 amide bonds. The standard InChI is InChI=1S/C32H36O11/c1-2-11-32(41)20-12-16(5-9-22-26(35)30(39)28(37)24(14-33)42-22)3-7-18(20)19-8-4-17(13-21(19)32)6-10-23-27(36)31(40)29(38)25(15-34)43-23/h3-4,7-8,12-13,22-31,33-41H,2,11,14-15H2,1H3. The van der Waals surface area contributed by atoms with Crippen molar-refractivity contribution >= 4 is 0 Å². The Balaban J connectivity index is 1.44. The van der Waals surface area contributed by atoms with Gasteiger partial charge in [-0.3, -0.25) is 0 Å². The van der Waals surface area contributed by atoms with Crippen LogP contribution in [0, 0.1) is 23.7 Å². The van der Waals surface area contributed by atoms with Gasteiger partial charge in [-0.1, -0.05) is 49.2 Å². The molecule has 2 aromatic carbocycles. The summed E-state index contributed by atoms with van der Waals surface area (Å²) in [5.74, 6) is 11.3. The molecule has 10 unspecified atom stereocenters. The van der Waals surface area contributed by atoms with Gasteiger partial charge in [0.2, 0.25) is 0 Å². The lowest BCUT2D eigenvalue weighted by Gasteiger charge is -2.37. The third kappa shape index (κ3) is 5.71. The van der Waals surface area contributed by atoms with Crippen LogP contribution < -0.4 is 0 Å². The van der Waals surface area contributed by atoms with Crippen molar-refractivity contribution in [3.05, 3.63) is 58.7 Å². The minimum atomic E-state index is -1.53. The molecule has 11 nitrogen and oxygen atoms in total. The van der Waals surface area contributed by atoms with Crippen LogP contribution in [0.3, 0.4) is 0 Å². The Morgan fingerprint density at radius 2 is 1.07 bits per heavy atom. The topological polar surface area (TPSA) is 201 Å². The third-order valence-electron chi connectivity index (χ3n) is 8.33. The summed E-state index contributed by atoms with van der Waals surface area (Å²) < 4.78 is 11.0. The molecule has 0 spiro atoms. The van der Waals surface area contributed by atoms with Crippen LogP contribution in [0.1, 0.15) is 42.0 Å². The smallest absolute Gasteiger partial charge is 0.147 e. The lowest BCUT2D eigenvalue weighted by atomic mass is 9.86. The number of fused-ring (bicyclic) bond motifs is 3. The van der Waals surface area contributed by atoms with Gasteiger partial charge in [0.05, 0.1) is 13.2 Å². The van der Waals surface area contributed by atoms with Gasteiger partial charge in [0.15, 0.2) is 0 Å². The molecule has 5 rings (SSSR count). The molecule has 0 aromatic heterocycles. The van der Waals surface area contributed by atoms with E-state index in [0.29, 0.717) is 35.1 Å². The average molecular weight is 597 g/mol. The molecule has 1 aliphatic carbocycles. The number of aliphatic hydroxyl groups is 9. The summed E-state index contributed by atoms with van der Waals surface area (Å²) in [5.41, 5.74) is 2.52. The Labute approximate surface area is 248 Å². The SMILES string of the molecule is CCCC1(O)c2cc(C#CC3OC(CO)C(O)C(O)C3O)ccc2-c2ccc(C#CC3OC(CO)C(O)C(O)C3O)cc21. The van der Waals surface area contributed by atoms with E-state index in [4.69, 9.17) is 9.47 Å². The summed E-state index contributed by atoms with van der Waals surface area (Å²) in [4.78, 5) is 0. The largest absolute Gasteiger partial charge is 0.394 e. The summed E-state index contributed by atoms with van der Waals surface area (Å²) in [6.07, 6.45) is -12.4. The molecule has 11 heteroatoms. The fourth-order valence-electron chi connectivity index (χ4n) is 5.92. The minimum absolute atomic E-state index is 0.389. The summed E-state index contributed by atoms with van der Waals surface area (Å²) >= 11 is 0. The van der Waals surface area contributed by atoms with Crippen LogP contribution in [0.5, 0.6) is 0 Å². The summed E-state index contributed by atoms with van der Waals surface area (Å²) in [6, 6.07) is 10.7. The lowest BCUT2D eigenvalue weighted by Crippen LogP contribution is -2.58. The normalized spacial score (nSPS) is 36.5. The van der Waals surface area contributed by atoms with Crippen LogP contribution in [0.25, 0.3) is 11.1 Å². The van der Waals surface area contributed by atoms with Gasteiger partial charge in [0.1, 0.15) is 66.6 Å². The number of hydrogen-bond acceptors (Lipinski definition) is 11. The highest BCUT2D eigenvalue weighted by Gasteiger charge is 2.44. The van der Waals surface area contributed by atoms with E-state index in [0.717, 1.165) is 11.1 Å². The number of aliphatic hydroxyl groups excluding tert-OH is 8. The van der Waals surface area contributed by atoms with E-state index in [1.165, 1.54) is 0 Å². The second-order valence-electron chi connectivity index (χ2n) is 11.2. The highest BCUT2D eigenvalue weighted by molar-refractivity contribution is 5.81. The second kappa shape index (κ2) is 12.6. The zero-order valence-electron chi connectivity index (χ0n) is 23.4. The van der Waals surface area contributed by atoms with E-state index in [-0.39, 0.29) is 0 Å². The Morgan fingerprint density at radius 3 is 1.44 bits per heavy atom. The molecule has 3 aliphatic rings. The van der Waals surface area contributed by atoms with Gasteiger partial charge in [-0.25, -0.2) is 0 Å². The number of benzene rings is 2. The highest BCUT2D eigenvalue weighted by Crippen LogP contribution is 2.50. The molecular formula is C32H36O11. The Kier molecular flexibility index (Phi) is 9.26. The first-order chi connectivity index (χ1) is 20.5. The van der Waals surface area contributed by atoms with Crippen molar-refractivity contribution < 1.29 is 55.4 Å². The zero-order valence-corrected chi connectivity index (χ0v) is 23.4. The lowest BCUT2D eigenvalue weighted by molar-refractivity contribution is -0.214. The predicted molar refractivity (Wildman–Crippen MR) is 151 cm³/mol. The van der Waals surface area contributed by atoms with Crippen molar-refractivity contribution in [2.24, 2.45) is 0 Å². The molecule has 0 bridgehead atoms. The molecule has 10 atom stereocenters. The minimum Gasteiger partial charge on any atom is -0.394 e. The Bertz CT molecular complexity index is 1350. The van der Waals surface area contributed by atoms with Crippen LogP contribution >= 0.6 is 0 Å². The maximum Gasteiger partial charge on any atom is 0.147 e. The molecule has 2 saturated heterocycles. The number of ether oxygens (including phenoxy) is 2. The van der Waals surface area contributed by atoms with Gasteiger partial charge in [-0.2, -0.15) is 0 Å². The van der Waals surface area contributed by atoms with Crippen molar-refractivity contribution in [1.82, 2.24) is 0 Å². The fraction of sp³-hybridized carbons (Fsp3) is 0.500. The monoisotopic (exact) mass is 596 g/mol. The maximum atomic E-state index is 12.0. The Morgan fingerprint density at radius 1 is 0.651 bits per heavy atom.